The first-order valence-corrected chi connectivity index (χ1v) is 5.54. The quantitative estimate of drug-likeness (QED) is 0.797. The number of rotatable bonds is 5. The lowest BCUT2D eigenvalue weighted by atomic mass is 10.00. The van der Waals surface area contributed by atoms with Crippen LogP contribution in [0.25, 0.3) is 0 Å². The van der Waals surface area contributed by atoms with E-state index in [1.165, 1.54) is 26.4 Å². The maximum absolute atomic E-state index is 11.5. The molecule has 1 aromatic carbocycles. The lowest BCUT2D eigenvalue weighted by Gasteiger charge is -2.09. The second-order valence-electron chi connectivity index (χ2n) is 3.68. The Morgan fingerprint density at radius 3 is 2.39 bits per heavy atom. The number of methoxy groups -OCH3 is 2. The van der Waals surface area contributed by atoms with Crippen molar-refractivity contribution in [3.05, 3.63) is 34.9 Å². The van der Waals surface area contributed by atoms with Gasteiger partial charge in [0, 0.05) is 6.61 Å². The van der Waals surface area contributed by atoms with Crippen LogP contribution in [0.4, 0.5) is 0 Å². The molecule has 18 heavy (non-hydrogen) atoms. The van der Waals surface area contributed by atoms with Crippen LogP contribution in [0.1, 0.15) is 32.7 Å². The molecule has 0 aliphatic carbocycles. The van der Waals surface area contributed by atoms with Crippen LogP contribution in [0, 0.1) is 0 Å². The first-order valence-electron chi connectivity index (χ1n) is 5.54. The van der Waals surface area contributed by atoms with E-state index in [0.717, 1.165) is 0 Å². The molecule has 0 heterocycles. The van der Waals surface area contributed by atoms with E-state index >= 15 is 0 Å². The zero-order valence-electron chi connectivity index (χ0n) is 10.4. The number of aryl methyl sites for hydroxylation is 1. The minimum Gasteiger partial charge on any atom is -0.465 e. The number of ether oxygens (including phenoxy) is 2. The molecule has 0 spiro atoms. The summed E-state index contributed by atoms with van der Waals surface area (Å²) in [6.45, 7) is 0.0169. The van der Waals surface area contributed by atoms with Gasteiger partial charge in [-0.15, -0.1) is 0 Å². The van der Waals surface area contributed by atoms with E-state index in [9.17, 15) is 9.59 Å². The van der Waals surface area contributed by atoms with Gasteiger partial charge in [-0.05, 0) is 36.6 Å². The SMILES string of the molecule is COC(=O)c1ccc(C(=O)OC)c(CCCO)c1. The molecular formula is C13H16O5. The Hall–Kier alpha value is -1.88. The summed E-state index contributed by atoms with van der Waals surface area (Å²) in [4.78, 5) is 22.9. The fourth-order valence-electron chi connectivity index (χ4n) is 1.62. The Bertz CT molecular complexity index is 439. The number of hydrogen-bond donors (Lipinski definition) is 1. The van der Waals surface area contributed by atoms with E-state index in [4.69, 9.17) is 5.11 Å². The molecule has 1 aromatic rings. The highest BCUT2D eigenvalue weighted by molar-refractivity contribution is 5.94. The lowest BCUT2D eigenvalue weighted by molar-refractivity contribution is 0.0585. The summed E-state index contributed by atoms with van der Waals surface area (Å²) in [5.41, 5.74) is 1.44. The van der Waals surface area contributed by atoms with Gasteiger partial charge in [-0.25, -0.2) is 9.59 Å². The number of hydrogen-bond acceptors (Lipinski definition) is 5. The first kappa shape index (κ1) is 14.2. The predicted molar refractivity (Wildman–Crippen MR) is 64.5 cm³/mol. The van der Waals surface area contributed by atoms with Crippen LogP contribution in [0.5, 0.6) is 0 Å². The summed E-state index contributed by atoms with van der Waals surface area (Å²) in [5.74, 6) is -0.920. The van der Waals surface area contributed by atoms with Crippen molar-refractivity contribution in [2.45, 2.75) is 12.8 Å². The normalized spacial score (nSPS) is 9.94. The van der Waals surface area contributed by atoms with Crippen molar-refractivity contribution >= 4 is 11.9 Å². The van der Waals surface area contributed by atoms with E-state index in [1.807, 2.05) is 0 Å². The van der Waals surface area contributed by atoms with Crippen molar-refractivity contribution in [1.82, 2.24) is 0 Å². The van der Waals surface area contributed by atoms with Gasteiger partial charge >= 0.3 is 11.9 Å². The summed E-state index contributed by atoms with van der Waals surface area (Å²) in [5, 5.41) is 8.83. The van der Waals surface area contributed by atoms with E-state index in [0.29, 0.717) is 29.5 Å². The van der Waals surface area contributed by atoms with Crippen molar-refractivity contribution in [2.75, 3.05) is 20.8 Å². The minimum absolute atomic E-state index is 0.0169. The highest BCUT2D eigenvalue weighted by Crippen LogP contribution is 2.16. The monoisotopic (exact) mass is 252 g/mol. The third-order valence-electron chi connectivity index (χ3n) is 2.54. The van der Waals surface area contributed by atoms with Gasteiger partial charge < -0.3 is 14.6 Å². The molecule has 98 valence electrons. The van der Waals surface area contributed by atoms with Gasteiger partial charge in [0.05, 0.1) is 25.3 Å². The van der Waals surface area contributed by atoms with Gasteiger partial charge in [0.15, 0.2) is 0 Å². The van der Waals surface area contributed by atoms with Crippen molar-refractivity contribution in [3.63, 3.8) is 0 Å². The van der Waals surface area contributed by atoms with Crippen molar-refractivity contribution in [1.29, 1.82) is 0 Å². The molecule has 0 bridgehead atoms. The molecular weight excluding hydrogens is 236 g/mol. The van der Waals surface area contributed by atoms with Gasteiger partial charge in [-0.3, -0.25) is 0 Å². The summed E-state index contributed by atoms with van der Waals surface area (Å²) in [6.07, 6.45) is 1.00. The van der Waals surface area contributed by atoms with Gasteiger partial charge in [-0.2, -0.15) is 0 Å². The molecule has 0 unspecified atom stereocenters. The number of aliphatic hydroxyl groups is 1. The minimum atomic E-state index is -0.461. The fourth-order valence-corrected chi connectivity index (χ4v) is 1.62. The molecule has 0 atom stereocenters. The Labute approximate surface area is 105 Å². The molecule has 0 aromatic heterocycles. The average Bonchev–Trinajstić information content (AvgIpc) is 2.42. The second-order valence-corrected chi connectivity index (χ2v) is 3.68. The smallest absolute Gasteiger partial charge is 0.338 e. The van der Waals surface area contributed by atoms with Crippen molar-refractivity contribution < 1.29 is 24.2 Å². The number of carbonyl (C=O) groups excluding carboxylic acids is 2. The maximum Gasteiger partial charge on any atom is 0.338 e. The third kappa shape index (κ3) is 3.30. The second kappa shape index (κ2) is 6.76. The summed E-state index contributed by atoms with van der Waals surface area (Å²) < 4.78 is 9.28. The molecule has 1 rings (SSSR count). The van der Waals surface area contributed by atoms with Crippen LogP contribution >= 0.6 is 0 Å². The van der Waals surface area contributed by atoms with Crippen LogP contribution in [0.15, 0.2) is 18.2 Å². The largest absolute Gasteiger partial charge is 0.465 e. The maximum atomic E-state index is 11.5. The predicted octanol–water partition coefficient (Wildman–Crippen LogP) is 1.18. The topological polar surface area (TPSA) is 72.8 Å². The summed E-state index contributed by atoms with van der Waals surface area (Å²) >= 11 is 0. The highest BCUT2D eigenvalue weighted by Gasteiger charge is 2.15. The standard InChI is InChI=1S/C13H16O5/c1-17-12(15)10-5-6-11(13(16)18-2)9(8-10)4-3-7-14/h5-6,8,14H,3-4,7H2,1-2H3. The van der Waals surface area contributed by atoms with E-state index in [-0.39, 0.29) is 6.61 Å². The van der Waals surface area contributed by atoms with Crippen molar-refractivity contribution in [2.24, 2.45) is 0 Å². The first-order chi connectivity index (χ1) is 8.63. The van der Waals surface area contributed by atoms with Gasteiger partial charge in [-0.1, -0.05) is 0 Å². The van der Waals surface area contributed by atoms with E-state index in [1.54, 1.807) is 6.07 Å². The molecule has 5 heteroatoms. The summed E-state index contributed by atoms with van der Waals surface area (Å²) in [6, 6.07) is 4.64. The zero-order chi connectivity index (χ0) is 13.5. The molecule has 0 fully saturated rings. The van der Waals surface area contributed by atoms with Crippen LogP contribution in [-0.2, 0) is 15.9 Å². The Kier molecular flexibility index (Phi) is 5.32. The van der Waals surface area contributed by atoms with Gasteiger partial charge in [0.1, 0.15) is 0 Å². The Balaban J connectivity index is 3.11. The van der Waals surface area contributed by atoms with Crippen molar-refractivity contribution in [3.8, 4) is 0 Å². The zero-order valence-corrected chi connectivity index (χ0v) is 10.4. The van der Waals surface area contributed by atoms with Gasteiger partial charge in [0.25, 0.3) is 0 Å². The number of esters is 2. The molecule has 0 aliphatic rings. The number of carbonyl (C=O) groups is 2. The van der Waals surface area contributed by atoms with Crippen LogP contribution in [-0.4, -0.2) is 37.9 Å². The Morgan fingerprint density at radius 1 is 1.17 bits per heavy atom. The van der Waals surface area contributed by atoms with Gasteiger partial charge in [0.2, 0.25) is 0 Å². The molecule has 0 saturated carbocycles. The van der Waals surface area contributed by atoms with Crippen LogP contribution in [0.2, 0.25) is 0 Å². The highest BCUT2D eigenvalue weighted by atomic mass is 16.5. The lowest BCUT2D eigenvalue weighted by Crippen LogP contribution is -2.09. The van der Waals surface area contributed by atoms with E-state index < -0.39 is 11.9 Å². The van der Waals surface area contributed by atoms with Crippen LogP contribution in [0.3, 0.4) is 0 Å². The summed E-state index contributed by atoms with van der Waals surface area (Å²) in [7, 11) is 2.59. The van der Waals surface area contributed by atoms with Crippen LogP contribution < -0.4 is 0 Å². The number of benzene rings is 1. The molecule has 1 N–H and O–H groups in total. The van der Waals surface area contributed by atoms with E-state index in [2.05, 4.69) is 9.47 Å². The molecule has 5 nitrogen and oxygen atoms in total. The molecule has 0 amide bonds. The molecule has 0 radical (unpaired) electrons. The number of aliphatic hydroxyl groups excluding tert-OH is 1. The average molecular weight is 252 g/mol. The Morgan fingerprint density at radius 2 is 1.83 bits per heavy atom. The molecule has 0 aliphatic heterocycles. The third-order valence-corrected chi connectivity index (χ3v) is 2.54. The fraction of sp³-hybridized carbons (Fsp3) is 0.385. The molecule has 0 saturated heterocycles.